The van der Waals surface area contributed by atoms with Crippen molar-refractivity contribution < 1.29 is 19.2 Å². The molecule has 1 aliphatic heterocycles. The van der Waals surface area contributed by atoms with Crippen molar-refractivity contribution in [1.29, 1.82) is 0 Å². The summed E-state index contributed by atoms with van der Waals surface area (Å²) in [6.45, 7) is 7.98. The minimum absolute atomic E-state index is 0.405. The number of benzene rings is 1. The van der Waals surface area contributed by atoms with Gasteiger partial charge in [-0.05, 0) is 39.2 Å². The van der Waals surface area contributed by atoms with Crippen molar-refractivity contribution >= 4 is 29.6 Å². The average Bonchev–Trinajstić information content (AvgIpc) is 2.87. The highest BCUT2D eigenvalue weighted by Crippen LogP contribution is 2.36. The van der Waals surface area contributed by atoms with E-state index in [4.69, 9.17) is 14.4 Å². The molecule has 6 nitrogen and oxygen atoms in total. The standard InChI is InChI=1S/C14H17BN2O4/c1-13(2)14(3,4)21-15(20-13)10-5-6-11-9(7-10)8-16-17(11)12(18)19/h5-8H,1-4H3,(H,18,19). The molecular weight excluding hydrogens is 271 g/mol. The smallest absolute Gasteiger partial charge is 0.463 e. The maximum absolute atomic E-state index is 11.0. The number of rotatable bonds is 1. The molecule has 0 bridgehead atoms. The second kappa shape index (κ2) is 4.32. The summed E-state index contributed by atoms with van der Waals surface area (Å²) in [5.41, 5.74) is 0.587. The van der Waals surface area contributed by atoms with Gasteiger partial charge in [0.25, 0.3) is 0 Å². The van der Waals surface area contributed by atoms with Crippen LogP contribution in [0.1, 0.15) is 27.7 Å². The summed E-state index contributed by atoms with van der Waals surface area (Å²) < 4.78 is 12.9. The molecule has 0 saturated carbocycles. The molecule has 1 aromatic carbocycles. The van der Waals surface area contributed by atoms with Gasteiger partial charge in [0.15, 0.2) is 0 Å². The Morgan fingerprint density at radius 1 is 1.24 bits per heavy atom. The second-order valence-corrected chi connectivity index (χ2v) is 6.25. The average molecular weight is 288 g/mol. The van der Waals surface area contributed by atoms with Gasteiger partial charge >= 0.3 is 13.2 Å². The summed E-state index contributed by atoms with van der Waals surface area (Å²) in [6.07, 6.45) is 0.423. The molecule has 1 aliphatic rings. The quantitative estimate of drug-likeness (QED) is 0.811. The van der Waals surface area contributed by atoms with Crippen molar-refractivity contribution in [2.24, 2.45) is 0 Å². The zero-order valence-electron chi connectivity index (χ0n) is 12.5. The fourth-order valence-electron chi connectivity index (χ4n) is 2.33. The molecule has 110 valence electrons. The van der Waals surface area contributed by atoms with Gasteiger partial charge in [0.1, 0.15) is 0 Å². The van der Waals surface area contributed by atoms with Crippen LogP contribution in [0.2, 0.25) is 0 Å². The van der Waals surface area contributed by atoms with Crippen LogP contribution in [0.15, 0.2) is 24.4 Å². The predicted molar refractivity (Wildman–Crippen MR) is 78.9 cm³/mol. The predicted octanol–water partition coefficient (Wildman–Crippen LogP) is 1.86. The Morgan fingerprint density at radius 2 is 1.86 bits per heavy atom. The zero-order valence-corrected chi connectivity index (χ0v) is 12.5. The summed E-state index contributed by atoms with van der Waals surface area (Å²) >= 11 is 0. The van der Waals surface area contributed by atoms with Gasteiger partial charge in [-0.15, -0.1) is 0 Å². The third kappa shape index (κ3) is 2.13. The fraction of sp³-hybridized carbons (Fsp3) is 0.429. The molecule has 0 amide bonds. The Labute approximate surface area is 122 Å². The van der Waals surface area contributed by atoms with Crippen LogP contribution >= 0.6 is 0 Å². The molecule has 0 unspecified atom stereocenters. The number of carboxylic acid groups (broad SMARTS) is 1. The first-order chi connectivity index (χ1) is 9.71. The van der Waals surface area contributed by atoms with Crippen molar-refractivity contribution in [3.05, 3.63) is 24.4 Å². The number of hydrogen-bond donors (Lipinski definition) is 1. The highest BCUT2D eigenvalue weighted by Gasteiger charge is 2.51. The minimum Gasteiger partial charge on any atom is -0.463 e. The SMILES string of the molecule is CC1(C)OB(c2ccc3c(cnn3C(=O)O)c2)OC1(C)C. The molecule has 1 aromatic heterocycles. The fourth-order valence-corrected chi connectivity index (χ4v) is 2.33. The third-order valence-corrected chi connectivity index (χ3v) is 4.30. The molecule has 21 heavy (non-hydrogen) atoms. The van der Waals surface area contributed by atoms with Gasteiger partial charge in [-0.25, -0.2) is 4.79 Å². The summed E-state index contributed by atoms with van der Waals surface area (Å²) in [5, 5.41) is 13.6. The van der Waals surface area contributed by atoms with Crippen LogP contribution in [-0.4, -0.2) is 39.3 Å². The molecule has 3 rings (SSSR count). The molecule has 0 spiro atoms. The van der Waals surface area contributed by atoms with Gasteiger partial charge in [-0.1, -0.05) is 12.1 Å². The van der Waals surface area contributed by atoms with Crippen LogP contribution < -0.4 is 5.46 Å². The first-order valence-electron chi connectivity index (χ1n) is 6.78. The maximum Gasteiger partial charge on any atom is 0.494 e. The van der Waals surface area contributed by atoms with Gasteiger partial charge in [0.2, 0.25) is 0 Å². The van der Waals surface area contributed by atoms with Gasteiger partial charge in [-0.2, -0.15) is 9.78 Å². The monoisotopic (exact) mass is 288 g/mol. The summed E-state index contributed by atoms with van der Waals surface area (Å²) in [4.78, 5) is 11.0. The Balaban J connectivity index is 1.98. The lowest BCUT2D eigenvalue weighted by atomic mass is 9.79. The van der Waals surface area contributed by atoms with Crippen LogP contribution in [0.4, 0.5) is 4.79 Å². The van der Waals surface area contributed by atoms with Crippen molar-refractivity contribution in [2.45, 2.75) is 38.9 Å². The molecule has 2 aromatic rings. The van der Waals surface area contributed by atoms with Crippen LogP contribution in [0.25, 0.3) is 10.9 Å². The Kier molecular flexibility index (Phi) is 2.90. The first-order valence-corrected chi connectivity index (χ1v) is 6.78. The molecular formula is C14H17BN2O4. The van der Waals surface area contributed by atoms with E-state index in [1.807, 2.05) is 39.8 Å². The lowest BCUT2D eigenvalue weighted by molar-refractivity contribution is 0.00578. The van der Waals surface area contributed by atoms with E-state index in [0.29, 0.717) is 5.52 Å². The molecule has 1 fully saturated rings. The third-order valence-electron chi connectivity index (χ3n) is 4.30. The van der Waals surface area contributed by atoms with Gasteiger partial charge in [0, 0.05) is 5.39 Å². The molecule has 1 saturated heterocycles. The van der Waals surface area contributed by atoms with Crippen molar-refractivity contribution in [3.63, 3.8) is 0 Å². The van der Waals surface area contributed by atoms with Gasteiger partial charge in [0.05, 0.1) is 22.9 Å². The molecule has 0 aliphatic carbocycles. The molecule has 2 heterocycles. The lowest BCUT2D eigenvalue weighted by Crippen LogP contribution is -2.41. The Bertz CT molecular complexity index is 707. The van der Waals surface area contributed by atoms with E-state index >= 15 is 0 Å². The number of carbonyl (C=O) groups is 1. The van der Waals surface area contributed by atoms with Crippen LogP contribution in [-0.2, 0) is 9.31 Å². The Morgan fingerprint density at radius 3 is 2.43 bits per heavy atom. The van der Waals surface area contributed by atoms with Crippen LogP contribution in [0, 0.1) is 0 Å². The largest absolute Gasteiger partial charge is 0.494 e. The van der Waals surface area contributed by atoms with Gasteiger partial charge in [-0.3, -0.25) is 0 Å². The normalized spacial score (nSPS) is 20.1. The zero-order chi connectivity index (χ0) is 15.4. The van der Waals surface area contributed by atoms with Crippen LogP contribution in [0.5, 0.6) is 0 Å². The van der Waals surface area contributed by atoms with E-state index in [-0.39, 0.29) is 0 Å². The van der Waals surface area contributed by atoms with E-state index in [1.54, 1.807) is 6.07 Å². The number of aromatic nitrogens is 2. The Hall–Kier alpha value is -1.86. The summed E-state index contributed by atoms with van der Waals surface area (Å²) in [6, 6.07) is 5.38. The van der Waals surface area contributed by atoms with E-state index in [0.717, 1.165) is 15.5 Å². The topological polar surface area (TPSA) is 73.6 Å². The summed E-state index contributed by atoms with van der Waals surface area (Å²) in [5.74, 6) is 0. The first kappa shape index (κ1) is 14.1. The van der Waals surface area contributed by atoms with Crippen molar-refractivity contribution in [2.75, 3.05) is 0 Å². The molecule has 0 atom stereocenters. The molecule has 7 heteroatoms. The number of hydrogen-bond acceptors (Lipinski definition) is 4. The van der Waals surface area contributed by atoms with Crippen molar-refractivity contribution in [1.82, 2.24) is 9.78 Å². The summed E-state index contributed by atoms with van der Waals surface area (Å²) in [7, 11) is -0.465. The number of fused-ring (bicyclic) bond motifs is 1. The minimum atomic E-state index is -1.10. The number of nitrogens with zero attached hydrogens (tertiary/aromatic N) is 2. The highest BCUT2D eigenvalue weighted by molar-refractivity contribution is 6.62. The second-order valence-electron chi connectivity index (χ2n) is 6.25. The molecule has 0 radical (unpaired) electrons. The van der Waals surface area contributed by atoms with E-state index in [1.165, 1.54) is 6.20 Å². The van der Waals surface area contributed by atoms with Gasteiger partial charge < -0.3 is 14.4 Å². The lowest BCUT2D eigenvalue weighted by Gasteiger charge is -2.32. The van der Waals surface area contributed by atoms with E-state index in [9.17, 15) is 4.79 Å². The van der Waals surface area contributed by atoms with E-state index < -0.39 is 24.4 Å². The van der Waals surface area contributed by atoms with Crippen LogP contribution in [0.3, 0.4) is 0 Å². The molecule has 1 N–H and O–H groups in total. The van der Waals surface area contributed by atoms with E-state index in [2.05, 4.69) is 5.10 Å². The maximum atomic E-state index is 11.0. The highest BCUT2D eigenvalue weighted by atomic mass is 16.7. The van der Waals surface area contributed by atoms with Crippen molar-refractivity contribution in [3.8, 4) is 0 Å².